The first-order valence-electron chi connectivity index (χ1n) is 21.8. The molecule has 0 saturated carbocycles. The second-order valence-electron chi connectivity index (χ2n) is 17.9. The summed E-state index contributed by atoms with van der Waals surface area (Å²) in [6.07, 6.45) is 29.0. The third-order valence-corrected chi connectivity index (χ3v) is 14.7. The van der Waals surface area contributed by atoms with Gasteiger partial charge in [0.1, 0.15) is 0 Å². The zero-order valence-corrected chi connectivity index (χ0v) is 34.9. The maximum Gasteiger partial charge on any atom is 0.0538 e. The summed E-state index contributed by atoms with van der Waals surface area (Å²) in [4.78, 5) is 0. The van der Waals surface area contributed by atoms with Gasteiger partial charge in [-0.1, -0.05) is 147 Å². The first-order chi connectivity index (χ1) is 29.4. The Hall–Kier alpha value is -6.64. The standard InChI is InChI=1S/C58H48N2/c1-6-38-34(2)51(36(4)59-57-35(3)39-21-11-12-24-43(39)57)44-27-28-45-53-46(33-50(55(38)56(44)53)60-48-25-15-13-22-41(48)42-23-14-16-26-49(42)60)52-40(37-19-9-7-10-20-37)29-30-47(54(45)52)58(5)31-17-8-18-32-58/h6-9,11-19,21-31,33,55-56,59H,1,10,20,32H2,2-5H3/b51-36-. The van der Waals surface area contributed by atoms with Gasteiger partial charge in [0.25, 0.3) is 0 Å². The molecule has 1 aromatic heterocycles. The van der Waals surface area contributed by atoms with Gasteiger partial charge in [0.15, 0.2) is 0 Å². The number of hydrogen-bond donors (Lipinski definition) is 1. The van der Waals surface area contributed by atoms with Crippen LogP contribution in [0, 0.1) is 11.8 Å². The van der Waals surface area contributed by atoms with E-state index in [2.05, 4.69) is 196 Å². The molecule has 0 bridgehead atoms. The van der Waals surface area contributed by atoms with Crippen molar-refractivity contribution in [2.75, 3.05) is 0 Å². The van der Waals surface area contributed by atoms with Crippen LogP contribution in [0.4, 0.5) is 0 Å². The lowest BCUT2D eigenvalue weighted by Crippen LogP contribution is -2.34. The van der Waals surface area contributed by atoms with Gasteiger partial charge in [-0.25, -0.2) is 0 Å². The van der Waals surface area contributed by atoms with Crippen LogP contribution in [0.3, 0.4) is 0 Å². The van der Waals surface area contributed by atoms with Crippen molar-refractivity contribution in [1.29, 1.82) is 0 Å². The molecule has 12 rings (SSSR count). The molecule has 1 N–H and O–H groups in total. The van der Waals surface area contributed by atoms with E-state index in [1.54, 1.807) is 0 Å². The van der Waals surface area contributed by atoms with Crippen LogP contribution < -0.4 is 5.32 Å². The second-order valence-corrected chi connectivity index (χ2v) is 17.9. The lowest BCUT2D eigenvalue weighted by Gasteiger charge is -2.45. The monoisotopic (exact) mass is 772 g/mol. The minimum absolute atomic E-state index is 0.0588. The molecule has 0 amide bonds. The van der Waals surface area contributed by atoms with Crippen LogP contribution in [0.5, 0.6) is 0 Å². The summed E-state index contributed by atoms with van der Waals surface area (Å²) in [5.41, 5.74) is 26.7. The van der Waals surface area contributed by atoms with E-state index in [1.165, 1.54) is 122 Å². The molecule has 290 valence electrons. The van der Waals surface area contributed by atoms with Gasteiger partial charge in [-0.2, -0.15) is 0 Å². The summed E-state index contributed by atoms with van der Waals surface area (Å²) in [6, 6.07) is 31.7. The fraction of sp³-hybridized carbons (Fsp3) is 0.172. The molecule has 0 fully saturated rings. The summed E-state index contributed by atoms with van der Waals surface area (Å²) in [5, 5.41) is 6.56. The van der Waals surface area contributed by atoms with Crippen LogP contribution in [0.25, 0.3) is 55.5 Å². The molecule has 60 heavy (non-hydrogen) atoms. The molecule has 3 unspecified atom stereocenters. The third kappa shape index (κ3) is 4.71. The Labute approximate surface area is 353 Å². The molecule has 0 spiro atoms. The van der Waals surface area contributed by atoms with E-state index in [9.17, 15) is 0 Å². The molecule has 5 aromatic rings. The quantitative estimate of drug-likeness (QED) is 0.182. The minimum atomic E-state index is -0.123. The number of fused-ring (bicyclic) bond motifs is 7. The maximum atomic E-state index is 4.61. The van der Waals surface area contributed by atoms with Crippen molar-refractivity contribution in [3.63, 3.8) is 0 Å². The van der Waals surface area contributed by atoms with Gasteiger partial charge in [-0.15, -0.1) is 0 Å². The van der Waals surface area contributed by atoms with Crippen molar-refractivity contribution < 1.29 is 0 Å². The van der Waals surface area contributed by atoms with Crippen molar-refractivity contribution in [2.24, 2.45) is 11.8 Å². The second kappa shape index (κ2) is 12.9. The highest BCUT2D eigenvalue weighted by molar-refractivity contribution is 6.14. The van der Waals surface area contributed by atoms with Crippen LogP contribution >= 0.6 is 0 Å². The molecule has 1 heterocycles. The van der Waals surface area contributed by atoms with Gasteiger partial charge in [0.2, 0.25) is 0 Å². The normalized spacial score (nSPS) is 24.1. The van der Waals surface area contributed by atoms with Crippen molar-refractivity contribution in [3.05, 3.63) is 225 Å². The number of rotatable bonds is 6. The molecule has 0 aliphatic heterocycles. The Morgan fingerprint density at radius 2 is 1.52 bits per heavy atom. The lowest BCUT2D eigenvalue weighted by molar-refractivity contribution is 0.576. The molecule has 2 nitrogen and oxygen atoms in total. The minimum Gasteiger partial charge on any atom is -0.358 e. The van der Waals surface area contributed by atoms with Gasteiger partial charge in [0.05, 0.1) is 11.0 Å². The van der Waals surface area contributed by atoms with Crippen LogP contribution in [-0.4, -0.2) is 4.57 Å². The van der Waals surface area contributed by atoms with Crippen LogP contribution in [0.2, 0.25) is 0 Å². The first-order valence-corrected chi connectivity index (χ1v) is 21.8. The molecular weight excluding hydrogens is 725 g/mol. The Bertz CT molecular complexity index is 3140. The Morgan fingerprint density at radius 3 is 2.23 bits per heavy atom. The van der Waals surface area contributed by atoms with Gasteiger partial charge in [-0.05, 0) is 131 Å². The summed E-state index contributed by atoms with van der Waals surface area (Å²) in [5.74, 6) is 0.151. The molecular formula is C58H48N2. The van der Waals surface area contributed by atoms with E-state index in [4.69, 9.17) is 0 Å². The largest absolute Gasteiger partial charge is 0.358 e. The number of allylic oxidation sites excluding steroid dienone is 22. The summed E-state index contributed by atoms with van der Waals surface area (Å²) >= 11 is 0. The van der Waals surface area contributed by atoms with Gasteiger partial charge >= 0.3 is 0 Å². The van der Waals surface area contributed by atoms with Gasteiger partial charge < -0.3 is 9.88 Å². The van der Waals surface area contributed by atoms with Crippen LogP contribution in [-0.2, 0) is 5.41 Å². The van der Waals surface area contributed by atoms with Crippen molar-refractivity contribution in [3.8, 4) is 0 Å². The fourth-order valence-corrected chi connectivity index (χ4v) is 12.0. The van der Waals surface area contributed by atoms with Gasteiger partial charge in [0, 0.05) is 56.3 Å². The number of aromatic nitrogens is 1. The highest BCUT2D eigenvalue weighted by Crippen LogP contribution is 2.64. The van der Waals surface area contributed by atoms with E-state index in [0.717, 1.165) is 19.3 Å². The summed E-state index contributed by atoms with van der Waals surface area (Å²) in [6.45, 7) is 13.9. The van der Waals surface area contributed by atoms with E-state index < -0.39 is 0 Å². The summed E-state index contributed by atoms with van der Waals surface area (Å²) < 4.78 is 2.60. The van der Waals surface area contributed by atoms with Crippen molar-refractivity contribution in [1.82, 2.24) is 9.88 Å². The van der Waals surface area contributed by atoms with E-state index in [1.807, 2.05) is 0 Å². The smallest absolute Gasteiger partial charge is 0.0538 e. The van der Waals surface area contributed by atoms with Crippen LogP contribution in [0.15, 0.2) is 192 Å². The number of hydrogen-bond acceptors (Lipinski definition) is 1. The zero-order valence-electron chi connectivity index (χ0n) is 34.9. The number of para-hydroxylation sites is 2. The van der Waals surface area contributed by atoms with E-state index >= 15 is 0 Å². The average Bonchev–Trinajstić information content (AvgIpc) is 3.80. The van der Waals surface area contributed by atoms with Gasteiger partial charge in [-0.3, -0.25) is 0 Å². The highest BCUT2D eigenvalue weighted by atomic mass is 15.0. The molecule has 7 aliphatic carbocycles. The highest BCUT2D eigenvalue weighted by Gasteiger charge is 2.50. The maximum absolute atomic E-state index is 4.61. The predicted molar refractivity (Wildman–Crippen MR) is 254 cm³/mol. The topological polar surface area (TPSA) is 17.0 Å². The van der Waals surface area contributed by atoms with E-state index in [0.29, 0.717) is 0 Å². The zero-order chi connectivity index (χ0) is 40.4. The average molecular weight is 773 g/mol. The number of nitrogens with zero attached hydrogens (tertiary/aromatic N) is 1. The Morgan fingerprint density at radius 1 is 0.767 bits per heavy atom. The SMILES string of the molecule is C=CC1=C(C)/C(=C(\C)NC2=C(C)c3ccccc32)C2=CC=C3C4=C(C=C(n5c6ccccc6c6ccccc65)C1C24)c1c(C2=CC=CCC2)ccc(C2(C)C=CC=CC2)c13. The molecule has 2 heteroatoms. The number of nitrogens with one attached hydrogen (secondary N) is 1. The Balaban J connectivity index is 1.18. The first kappa shape index (κ1) is 35.3. The molecule has 4 aromatic carbocycles. The van der Waals surface area contributed by atoms with Crippen molar-refractivity contribution >= 4 is 55.5 Å². The van der Waals surface area contributed by atoms with Crippen molar-refractivity contribution in [2.45, 2.75) is 52.4 Å². The number of benzene rings is 4. The molecule has 3 atom stereocenters. The molecule has 0 radical (unpaired) electrons. The van der Waals surface area contributed by atoms with Crippen LogP contribution in [0.1, 0.15) is 80.3 Å². The summed E-state index contributed by atoms with van der Waals surface area (Å²) in [7, 11) is 0. The van der Waals surface area contributed by atoms with E-state index in [-0.39, 0.29) is 17.3 Å². The fourth-order valence-electron chi connectivity index (χ4n) is 12.0. The molecule has 0 saturated heterocycles. The predicted octanol–water partition coefficient (Wildman–Crippen LogP) is 14.5. The Kier molecular flexibility index (Phi) is 7.61. The molecule has 7 aliphatic rings. The lowest BCUT2D eigenvalue weighted by atomic mass is 9.60. The third-order valence-electron chi connectivity index (χ3n) is 14.7.